The number of hydrogen-bond donors (Lipinski definition) is 0. The highest BCUT2D eigenvalue weighted by molar-refractivity contribution is 6.92. The van der Waals surface area contributed by atoms with Gasteiger partial charge in [0.25, 0.3) is 0 Å². The molecule has 0 nitrogen and oxygen atoms in total. The molecule has 1 aromatic carbocycles. The van der Waals surface area contributed by atoms with Crippen LogP contribution in [-0.2, 0) is 6.42 Å². The molecule has 0 amide bonds. The zero-order valence-corrected chi connectivity index (χ0v) is 8.14. The van der Waals surface area contributed by atoms with Crippen molar-refractivity contribution in [3.63, 3.8) is 0 Å². The van der Waals surface area contributed by atoms with Gasteiger partial charge in [0.15, 0.2) is 0 Å². The molecule has 0 bridgehead atoms. The van der Waals surface area contributed by atoms with Crippen LogP contribution in [0.25, 0.3) is 0 Å². The van der Waals surface area contributed by atoms with E-state index in [2.05, 4.69) is 38.1 Å². The summed E-state index contributed by atoms with van der Waals surface area (Å²) in [5.41, 5.74) is 2.76. The zero-order valence-electron chi connectivity index (χ0n) is 6.72. The predicted molar refractivity (Wildman–Crippen MR) is 51.7 cm³/mol. The molecule has 0 spiro atoms. The Morgan fingerprint density at radius 2 is 1.60 bits per heavy atom. The lowest BCUT2D eigenvalue weighted by atomic mass is 10.1. The van der Waals surface area contributed by atoms with Gasteiger partial charge in [-0.1, -0.05) is 36.8 Å². The summed E-state index contributed by atoms with van der Waals surface area (Å²) in [6.07, 6.45) is 1.14. The highest BCUT2D eigenvalue weighted by Crippen LogP contribution is 2.02. The minimum atomic E-state index is 0. The average Bonchev–Trinajstić information content (AvgIpc) is 1.90. The molecule has 1 aromatic rings. The highest BCUT2D eigenvalue weighted by Gasteiger charge is 1.84. The van der Waals surface area contributed by atoms with Crippen LogP contribution in [0.3, 0.4) is 0 Å². The van der Waals surface area contributed by atoms with Crippen molar-refractivity contribution in [2.75, 3.05) is 0 Å². The van der Waals surface area contributed by atoms with Gasteiger partial charge >= 0.3 is 0 Å². The SMILES string of the molecule is CCc1ccc(C)cc1.P. The van der Waals surface area contributed by atoms with Crippen molar-refractivity contribution in [3.05, 3.63) is 35.4 Å². The summed E-state index contributed by atoms with van der Waals surface area (Å²) in [4.78, 5) is 0. The largest absolute Gasteiger partial charge is 0.153 e. The summed E-state index contributed by atoms with van der Waals surface area (Å²) in [6.45, 7) is 4.28. The first-order chi connectivity index (χ1) is 4.33. The fourth-order valence-electron chi connectivity index (χ4n) is 0.824. The van der Waals surface area contributed by atoms with E-state index >= 15 is 0 Å². The standard InChI is InChI=1S/C9H12.H3P/c1-3-9-6-4-8(2)5-7-9;/h4-7H,3H2,1-2H3;1H3. The monoisotopic (exact) mass is 154 g/mol. The van der Waals surface area contributed by atoms with Crippen molar-refractivity contribution < 1.29 is 0 Å². The van der Waals surface area contributed by atoms with E-state index in [0.717, 1.165) is 6.42 Å². The fourth-order valence-corrected chi connectivity index (χ4v) is 0.824. The number of hydrogen-bond acceptors (Lipinski definition) is 0. The minimum Gasteiger partial charge on any atom is -0.153 e. The molecule has 0 aliphatic heterocycles. The van der Waals surface area contributed by atoms with E-state index in [1.807, 2.05) is 0 Å². The number of benzene rings is 1. The lowest BCUT2D eigenvalue weighted by molar-refractivity contribution is 1.14. The van der Waals surface area contributed by atoms with Crippen molar-refractivity contribution >= 4 is 9.90 Å². The summed E-state index contributed by atoms with van der Waals surface area (Å²) in [6, 6.07) is 8.66. The lowest BCUT2D eigenvalue weighted by Crippen LogP contribution is -1.77. The van der Waals surface area contributed by atoms with Gasteiger partial charge in [-0.15, -0.1) is 0 Å². The topological polar surface area (TPSA) is 0 Å². The highest BCUT2D eigenvalue weighted by atomic mass is 31.0. The first-order valence-corrected chi connectivity index (χ1v) is 3.38. The Hall–Kier alpha value is -0.350. The molecule has 1 rings (SSSR count). The molecule has 1 atom stereocenters. The summed E-state index contributed by atoms with van der Waals surface area (Å²) in [7, 11) is 0. The van der Waals surface area contributed by atoms with Crippen LogP contribution in [0.2, 0.25) is 0 Å². The van der Waals surface area contributed by atoms with Crippen LogP contribution in [0, 0.1) is 6.92 Å². The van der Waals surface area contributed by atoms with Gasteiger partial charge in [-0.25, -0.2) is 0 Å². The van der Waals surface area contributed by atoms with Gasteiger partial charge in [0.2, 0.25) is 0 Å². The van der Waals surface area contributed by atoms with Crippen LogP contribution < -0.4 is 0 Å². The normalized spacial score (nSPS) is 8.60. The maximum Gasteiger partial charge on any atom is -0.0307 e. The van der Waals surface area contributed by atoms with Crippen LogP contribution in [0.1, 0.15) is 18.1 Å². The first-order valence-electron chi connectivity index (χ1n) is 3.38. The van der Waals surface area contributed by atoms with Crippen molar-refractivity contribution in [1.82, 2.24) is 0 Å². The Bertz CT molecular complexity index is 176. The third-order valence-electron chi connectivity index (χ3n) is 1.53. The van der Waals surface area contributed by atoms with Crippen LogP contribution >= 0.6 is 9.90 Å². The average molecular weight is 154 g/mol. The second-order valence-electron chi connectivity index (χ2n) is 2.34. The van der Waals surface area contributed by atoms with Gasteiger partial charge in [0.05, 0.1) is 0 Å². The van der Waals surface area contributed by atoms with Crippen LogP contribution in [-0.4, -0.2) is 0 Å². The van der Waals surface area contributed by atoms with Crippen LogP contribution in [0.4, 0.5) is 0 Å². The molecular weight excluding hydrogens is 139 g/mol. The smallest absolute Gasteiger partial charge is 0.0307 e. The van der Waals surface area contributed by atoms with E-state index in [1.54, 1.807) is 0 Å². The van der Waals surface area contributed by atoms with Crippen LogP contribution in [0.15, 0.2) is 24.3 Å². The molecule has 0 aromatic heterocycles. The van der Waals surface area contributed by atoms with Gasteiger partial charge in [0, 0.05) is 0 Å². The second-order valence-corrected chi connectivity index (χ2v) is 2.34. The first kappa shape index (κ1) is 9.65. The Kier molecular flexibility index (Phi) is 4.31. The van der Waals surface area contributed by atoms with E-state index in [1.165, 1.54) is 11.1 Å². The molecule has 56 valence electrons. The molecule has 1 unspecified atom stereocenters. The van der Waals surface area contributed by atoms with Crippen LogP contribution in [0.5, 0.6) is 0 Å². The third-order valence-corrected chi connectivity index (χ3v) is 1.53. The Balaban J connectivity index is 0.000000810. The van der Waals surface area contributed by atoms with E-state index in [9.17, 15) is 0 Å². The maximum atomic E-state index is 2.18. The summed E-state index contributed by atoms with van der Waals surface area (Å²) < 4.78 is 0. The van der Waals surface area contributed by atoms with Crippen molar-refractivity contribution in [2.45, 2.75) is 20.3 Å². The molecule has 0 saturated carbocycles. The molecule has 0 fully saturated rings. The Labute approximate surface area is 66.3 Å². The molecule has 0 aliphatic rings. The van der Waals surface area contributed by atoms with Gasteiger partial charge in [-0.2, -0.15) is 9.90 Å². The third kappa shape index (κ3) is 2.49. The lowest BCUT2D eigenvalue weighted by Gasteiger charge is -1.94. The maximum absolute atomic E-state index is 2.18. The zero-order chi connectivity index (χ0) is 6.69. The molecule has 0 radical (unpaired) electrons. The van der Waals surface area contributed by atoms with E-state index < -0.39 is 0 Å². The Morgan fingerprint density at radius 3 is 2.00 bits per heavy atom. The molecule has 0 aliphatic carbocycles. The fraction of sp³-hybridized carbons (Fsp3) is 0.333. The second kappa shape index (κ2) is 4.46. The van der Waals surface area contributed by atoms with Gasteiger partial charge in [0.1, 0.15) is 0 Å². The van der Waals surface area contributed by atoms with Gasteiger partial charge < -0.3 is 0 Å². The predicted octanol–water partition coefficient (Wildman–Crippen LogP) is 2.62. The summed E-state index contributed by atoms with van der Waals surface area (Å²) in [5, 5.41) is 0. The van der Waals surface area contributed by atoms with Gasteiger partial charge in [-0.3, -0.25) is 0 Å². The molecule has 0 N–H and O–H groups in total. The van der Waals surface area contributed by atoms with Gasteiger partial charge in [-0.05, 0) is 18.9 Å². The summed E-state index contributed by atoms with van der Waals surface area (Å²) in [5.74, 6) is 0. The van der Waals surface area contributed by atoms with Crippen molar-refractivity contribution in [1.29, 1.82) is 0 Å². The summed E-state index contributed by atoms with van der Waals surface area (Å²) >= 11 is 0. The molecule has 0 saturated heterocycles. The van der Waals surface area contributed by atoms with E-state index in [0.29, 0.717) is 0 Å². The van der Waals surface area contributed by atoms with E-state index in [4.69, 9.17) is 0 Å². The Morgan fingerprint density at radius 1 is 1.10 bits per heavy atom. The number of rotatable bonds is 1. The minimum absolute atomic E-state index is 0. The molecule has 0 heterocycles. The van der Waals surface area contributed by atoms with Crippen molar-refractivity contribution in [3.8, 4) is 0 Å². The van der Waals surface area contributed by atoms with Crippen molar-refractivity contribution in [2.24, 2.45) is 0 Å². The number of aryl methyl sites for hydroxylation is 2. The molecule has 10 heavy (non-hydrogen) atoms. The molecular formula is C9H15P. The molecule has 1 heteroatoms. The van der Waals surface area contributed by atoms with E-state index in [-0.39, 0.29) is 9.90 Å². The quantitative estimate of drug-likeness (QED) is 0.545.